The third kappa shape index (κ3) is 1.88. The van der Waals surface area contributed by atoms with Gasteiger partial charge in [0.05, 0.1) is 16.8 Å². The Morgan fingerprint density at radius 2 is 2.06 bits per heavy atom. The first-order chi connectivity index (χ1) is 7.68. The summed E-state index contributed by atoms with van der Waals surface area (Å²) in [5, 5.41) is 8.79. The maximum absolute atomic E-state index is 13.3. The van der Waals surface area contributed by atoms with Gasteiger partial charge in [0.25, 0.3) is 0 Å². The van der Waals surface area contributed by atoms with E-state index in [0.717, 1.165) is 0 Å². The quantitative estimate of drug-likeness (QED) is 0.783. The first-order valence-corrected chi connectivity index (χ1v) is 4.49. The van der Waals surface area contributed by atoms with E-state index in [4.69, 9.17) is 5.11 Å². The molecule has 0 bridgehead atoms. The second-order valence-corrected chi connectivity index (χ2v) is 3.08. The van der Waals surface area contributed by atoms with Crippen molar-refractivity contribution in [2.45, 2.75) is 0 Å². The zero-order valence-electron chi connectivity index (χ0n) is 8.09. The van der Waals surface area contributed by atoms with Crippen molar-refractivity contribution in [1.29, 1.82) is 0 Å². The molecule has 0 fully saturated rings. The predicted molar refractivity (Wildman–Crippen MR) is 54.4 cm³/mol. The SMILES string of the molecule is O=C(O)c1ccnc(-c2cccnc2F)c1. The topological polar surface area (TPSA) is 63.1 Å². The summed E-state index contributed by atoms with van der Waals surface area (Å²) in [6.07, 6.45) is 2.64. The summed E-state index contributed by atoms with van der Waals surface area (Å²) in [6.45, 7) is 0. The van der Waals surface area contributed by atoms with Gasteiger partial charge in [-0.15, -0.1) is 0 Å². The molecule has 2 aromatic heterocycles. The fraction of sp³-hybridized carbons (Fsp3) is 0. The van der Waals surface area contributed by atoms with Crippen LogP contribution in [0.1, 0.15) is 10.4 Å². The Balaban J connectivity index is 2.53. The molecular formula is C11H7FN2O2. The number of hydrogen-bond acceptors (Lipinski definition) is 3. The fourth-order valence-electron chi connectivity index (χ4n) is 1.29. The minimum absolute atomic E-state index is 0.0632. The highest BCUT2D eigenvalue weighted by molar-refractivity contribution is 5.88. The smallest absolute Gasteiger partial charge is 0.335 e. The van der Waals surface area contributed by atoms with Crippen LogP contribution in [0.25, 0.3) is 11.3 Å². The lowest BCUT2D eigenvalue weighted by Crippen LogP contribution is -1.98. The van der Waals surface area contributed by atoms with E-state index in [1.807, 2.05) is 0 Å². The van der Waals surface area contributed by atoms with Gasteiger partial charge >= 0.3 is 5.97 Å². The molecule has 4 nitrogen and oxygen atoms in total. The molecule has 0 radical (unpaired) electrons. The zero-order chi connectivity index (χ0) is 11.5. The van der Waals surface area contributed by atoms with Crippen molar-refractivity contribution in [3.63, 3.8) is 0 Å². The first kappa shape index (κ1) is 10.2. The van der Waals surface area contributed by atoms with E-state index in [2.05, 4.69) is 9.97 Å². The molecule has 0 amide bonds. The van der Waals surface area contributed by atoms with E-state index >= 15 is 0 Å². The molecule has 0 saturated carbocycles. The second kappa shape index (κ2) is 4.06. The van der Waals surface area contributed by atoms with Crippen LogP contribution >= 0.6 is 0 Å². The van der Waals surface area contributed by atoms with E-state index < -0.39 is 11.9 Å². The summed E-state index contributed by atoms with van der Waals surface area (Å²) in [5.41, 5.74) is 0.504. The minimum Gasteiger partial charge on any atom is -0.478 e. The summed E-state index contributed by atoms with van der Waals surface area (Å²) >= 11 is 0. The highest BCUT2D eigenvalue weighted by atomic mass is 19.1. The van der Waals surface area contributed by atoms with Gasteiger partial charge in [0.1, 0.15) is 0 Å². The molecule has 5 heteroatoms. The van der Waals surface area contributed by atoms with Crippen molar-refractivity contribution in [3.8, 4) is 11.3 Å². The van der Waals surface area contributed by atoms with Crippen molar-refractivity contribution in [1.82, 2.24) is 9.97 Å². The Bertz CT molecular complexity index is 543. The van der Waals surface area contributed by atoms with Gasteiger partial charge in [0, 0.05) is 12.4 Å². The largest absolute Gasteiger partial charge is 0.478 e. The zero-order valence-corrected chi connectivity index (χ0v) is 8.09. The van der Waals surface area contributed by atoms with Crippen LogP contribution in [-0.2, 0) is 0 Å². The maximum Gasteiger partial charge on any atom is 0.335 e. The highest BCUT2D eigenvalue weighted by Crippen LogP contribution is 2.19. The molecule has 0 atom stereocenters. The molecule has 2 heterocycles. The van der Waals surface area contributed by atoms with Crippen LogP contribution in [0.5, 0.6) is 0 Å². The minimum atomic E-state index is -1.08. The monoisotopic (exact) mass is 218 g/mol. The number of hydrogen-bond donors (Lipinski definition) is 1. The van der Waals surface area contributed by atoms with Gasteiger partial charge in [-0.05, 0) is 24.3 Å². The predicted octanol–water partition coefficient (Wildman–Crippen LogP) is 1.98. The lowest BCUT2D eigenvalue weighted by atomic mass is 10.1. The van der Waals surface area contributed by atoms with Crippen molar-refractivity contribution in [3.05, 3.63) is 48.2 Å². The van der Waals surface area contributed by atoms with E-state index in [1.54, 1.807) is 6.07 Å². The number of carboxylic acids is 1. The van der Waals surface area contributed by atoms with Crippen molar-refractivity contribution in [2.24, 2.45) is 0 Å². The number of rotatable bonds is 2. The van der Waals surface area contributed by atoms with Crippen LogP contribution in [0.2, 0.25) is 0 Å². The number of carbonyl (C=O) groups is 1. The molecule has 0 aliphatic rings. The van der Waals surface area contributed by atoms with Crippen LogP contribution < -0.4 is 0 Å². The van der Waals surface area contributed by atoms with E-state index in [0.29, 0.717) is 0 Å². The standard InChI is InChI=1S/C11H7FN2O2/c12-10-8(2-1-4-14-10)9-6-7(11(15)16)3-5-13-9/h1-6H,(H,15,16). The molecule has 0 aliphatic carbocycles. The van der Waals surface area contributed by atoms with Crippen LogP contribution in [0.3, 0.4) is 0 Å². The molecular weight excluding hydrogens is 211 g/mol. The summed E-state index contributed by atoms with van der Waals surface area (Å²) in [5.74, 6) is -1.74. The molecule has 0 spiro atoms. The fourth-order valence-corrected chi connectivity index (χ4v) is 1.29. The molecule has 0 aliphatic heterocycles. The third-order valence-corrected chi connectivity index (χ3v) is 2.04. The van der Waals surface area contributed by atoms with Gasteiger partial charge in [-0.1, -0.05) is 0 Å². The number of pyridine rings is 2. The molecule has 0 unspecified atom stereocenters. The number of aromatic carboxylic acids is 1. The van der Waals surface area contributed by atoms with Crippen LogP contribution in [0.4, 0.5) is 4.39 Å². The average molecular weight is 218 g/mol. The molecule has 1 N–H and O–H groups in total. The summed E-state index contributed by atoms with van der Waals surface area (Å²) in [4.78, 5) is 18.1. The Hall–Kier alpha value is -2.30. The summed E-state index contributed by atoms with van der Waals surface area (Å²) in [6, 6.07) is 5.71. The van der Waals surface area contributed by atoms with Gasteiger partial charge in [0.15, 0.2) is 0 Å². The van der Waals surface area contributed by atoms with Crippen molar-refractivity contribution in [2.75, 3.05) is 0 Å². The second-order valence-electron chi connectivity index (χ2n) is 3.08. The van der Waals surface area contributed by atoms with Crippen molar-refractivity contribution < 1.29 is 14.3 Å². The van der Waals surface area contributed by atoms with Crippen LogP contribution in [-0.4, -0.2) is 21.0 Å². The molecule has 80 valence electrons. The number of halogens is 1. The number of carboxylic acid groups (broad SMARTS) is 1. The van der Waals surface area contributed by atoms with E-state index in [9.17, 15) is 9.18 Å². The maximum atomic E-state index is 13.3. The first-order valence-electron chi connectivity index (χ1n) is 4.49. The van der Waals surface area contributed by atoms with Gasteiger partial charge in [-0.3, -0.25) is 4.98 Å². The van der Waals surface area contributed by atoms with Crippen LogP contribution in [0, 0.1) is 5.95 Å². The average Bonchev–Trinajstić information content (AvgIpc) is 2.30. The van der Waals surface area contributed by atoms with Crippen molar-refractivity contribution >= 4 is 5.97 Å². The van der Waals surface area contributed by atoms with Gasteiger partial charge in [-0.25, -0.2) is 9.78 Å². The number of aromatic nitrogens is 2. The van der Waals surface area contributed by atoms with Gasteiger partial charge < -0.3 is 5.11 Å². The summed E-state index contributed by atoms with van der Waals surface area (Å²) < 4.78 is 13.3. The Kier molecular flexibility index (Phi) is 2.59. The van der Waals surface area contributed by atoms with Crippen LogP contribution in [0.15, 0.2) is 36.7 Å². The highest BCUT2D eigenvalue weighted by Gasteiger charge is 2.09. The molecule has 0 aromatic carbocycles. The Morgan fingerprint density at radius 1 is 1.25 bits per heavy atom. The van der Waals surface area contributed by atoms with Gasteiger partial charge in [0.2, 0.25) is 5.95 Å². The normalized spacial score (nSPS) is 10.1. The molecule has 2 rings (SSSR count). The number of nitrogens with zero attached hydrogens (tertiary/aromatic N) is 2. The lowest BCUT2D eigenvalue weighted by molar-refractivity contribution is 0.0697. The Labute approximate surface area is 90.4 Å². The lowest BCUT2D eigenvalue weighted by Gasteiger charge is -2.02. The van der Waals surface area contributed by atoms with Gasteiger partial charge in [-0.2, -0.15) is 4.39 Å². The van der Waals surface area contributed by atoms with E-state index in [-0.39, 0.29) is 16.8 Å². The van der Waals surface area contributed by atoms with E-state index in [1.165, 1.54) is 30.6 Å². The molecule has 16 heavy (non-hydrogen) atoms. The third-order valence-electron chi connectivity index (χ3n) is 2.04. The molecule has 2 aromatic rings. The summed E-state index contributed by atoms with van der Waals surface area (Å²) in [7, 11) is 0. The Morgan fingerprint density at radius 3 is 2.75 bits per heavy atom. The molecule has 0 saturated heterocycles.